The van der Waals surface area contributed by atoms with Gasteiger partial charge in [-0.1, -0.05) is 0 Å². The van der Waals surface area contributed by atoms with Crippen LogP contribution >= 0.6 is 0 Å². The van der Waals surface area contributed by atoms with Gasteiger partial charge in [-0.25, -0.2) is 4.98 Å². The molecule has 0 aromatic carbocycles. The molecule has 15 heavy (non-hydrogen) atoms. The van der Waals surface area contributed by atoms with Crippen LogP contribution in [-0.4, -0.2) is 30.2 Å². The van der Waals surface area contributed by atoms with Gasteiger partial charge in [0.15, 0.2) is 0 Å². The number of hydrogen-bond acceptors (Lipinski definition) is 3. The summed E-state index contributed by atoms with van der Waals surface area (Å²) < 4.78 is 12.7. The van der Waals surface area contributed by atoms with Crippen molar-refractivity contribution in [1.82, 2.24) is 10.3 Å². The van der Waals surface area contributed by atoms with Crippen molar-refractivity contribution < 1.29 is 4.39 Å². The van der Waals surface area contributed by atoms with E-state index in [1.54, 1.807) is 6.20 Å². The molecule has 2 fully saturated rings. The normalized spacial score (nSPS) is 29.5. The first-order valence-corrected chi connectivity index (χ1v) is 5.44. The number of piperidine rings is 1. The number of nitrogens with zero attached hydrogens (tertiary/aromatic N) is 2. The zero-order chi connectivity index (χ0) is 10.3. The van der Waals surface area contributed by atoms with Crippen LogP contribution in [0.2, 0.25) is 0 Å². The minimum absolute atomic E-state index is 0.404. The lowest BCUT2D eigenvalue weighted by atomic mass is 10.0. The Morgan fingerprint density at radius 3 is 3.20 bits per heavy atom. The van der Waals surface area contributed by atoms with Gasteiger partial charge < -0.3 is 10.2 Å². The average molecular weight is 207 g/mol. The third kappa shape index (κ3) is 1.59. The van der Waals surface area contributed by atoms with Crippen molar-refractivity contribution >= 4 is 5.69 Å². The Bertz CT molecular complexity index is 351. The number of aromatic nitrogens is 1. The second-order valence-electron chi connectivity index (χ2n) is 4.32. The van der Waals surface area contributed by atoms with Crippen molar-refractivity contribution in [2.45, 2.75) is 24.9 Å². The minimum atomic E-state index is -0.404. The number of halogens is 1. The number of anilines is 1. The van der Waals surface area contributed by atoms with Gasteiger partial charge in [0, 0.05) is 25.2 Å². The zero-order valence-corrected chi connectivity index (χ0v) is 8.49. The van der Waals surface area contributed by atoms with Crippen LogP contribution in [0.4, 0.5) is 10.1 Å². The van der Waals surface area contributed by atoms with E-state index >= 15 is 0 Å². The first-order valence-electron chi connectivity index (χ1n) is 5.44. The van der Waals surface area contributed by atoms with Crippen molar-refractivity contribution in [3.63, 3.8) is 0 Å². The molecule has 1 aromatic rings. The highest BCUT2D eigenvalue weighted by Crippen LogP contribution is 2.27. The molecular formula is C11H14FN3. The van der Waals surface area contributed by atoms with Crippen molar-refractivity contribution in [3.8, 4) is 0 Å². The summed E-state index contributed by atoms with van der Waals surface area (Å²) in [5.74, 6) is -0.404. The molecule has 80 valence electrons. The second-order valence-corrected chi connectivity index (χ2v) is 4.32. The Morgan fingerprint density at radius 2 is 2.40 bits per heavy atom. The third-order valence-corrected chi connectivity index (χ3v) is 3.40. The van der Waals surface area contributed by atoms with E-state index in [1.165, 1.54) is 18.9 Å². The van der Waals surface area contributed by atoms with E-state index in [1.807, 2.05) is 6.07 Å². The third-order valence-electron chi connectivity index (χ3n) is 3.40. The van der Waals surface area contributed by atoms with E-state index in [4.69, 9.17) is 0 Å². The van der Waals surface area contributed by atoms with Crippen LogP contribution in [0.25, 0.3) is 0 Å². The van der Waals surface area contributed by atoms with Crippen LogP contribution in [0.15, 0.2) is 18.3 Å². The van der Waals surface area contributed by atoms with Gasteiger partial charge in [-0.2, -0.15) is 4.39 Å². The molecule has 2 aliphatic heterocycles. The minimum Gasteiger partial charge on any atom is -0.366 e. The largest absolute Gasteiger partial charge is 0.366 e. The Labute approximate surface area is 88.3 Å². The predicted molar refractivity (Wildman–Crippen MR) is 56.4 cm³/mol. The number of pyridine rings is 1. The smallest absolute Gasteiger partial charge is 0.212 e. The van der Waals surface area contributed by atoms with E-state index in [0.717, 1.165) is 18.8 Å². The fourth-order valence-electron chi connectivity index (χ4n) is 2.61. The summed E-state index contributed by atoms with van der Waals surface area (Å²) in [4.78, 5) is 6.04. The van der Waals surface area contributed by atoms with E-state index in [9.17, 15) is 4.39 Å². The fourth-order valence-corrected chi connectivity index (χ4v) is 2.61. The Hall–Kier alpha value is -1.16. The molecule has 1 aromatic heterocycles. The molecule has 3 nitrogen and oxygen atoms in total. The van der Waals surface area contributed by atoms with Crippen LogP contribution in [0, 0.1) is 5.95 Å². The molecule has 0 spiro atoms. The maximum absolute atomic E-state index is 12.7. The lowest BCUT2D eigenvalue weighted by molar-refractivity contribution is 0.489. The maximum Gasteiger partial charge on any atom is 0.212 e. The van der Waals surface area contributed by atoms with Gasteiger partial charge in [0.1, 0.15) is 0 Å². The molecule has 3 rings (SSSR count). The molecule has 1 N–H and O–H groups in total. The fraction of sp³-hybridized carbons (Fsp3) is 0.545. The van der Waals surface area contributed by atoms with E-state index in [0.29, 0.717) is 12.1 Å². The molecule has 2 aliphatic rings. The molecule has 0 unspecified atom stereocenters. The lowest BCUT2D eigenvalue weighted by Gasteiger charge is -2.34. The van der Waals surface area contributed by atoms with Crippen LogP contribution in [-0.2, 0) is 0 Å². The number of rotatable bonds is 1. The number of hydrogen-bond donors (Lipinski definition) is 1. The first-order chi connectivity index (χ1) is 7.33. The molecule has 2 saturated heterocycles. The predicted octanol–water partition coefficient (Wildman–Crippen LogP) is 1.16. The molecule has 4 heteroatoms. The van der Waals surface area contributed by atoms with Gasteiger partial charge in [0.2, 0.25) is 5.95 Å². The summed E-state index contributed by atoms with van der Waals surface area (Å²) >= 11 is 0. The molecule has 2 bridgehead atoms. The second kappa shape index (κ2) is 3.45. The SMILES string of the molecule is Fc1ccc(N2CC[C@@H]3C[C@H]2CN3)cn1. The van der Waals surface area contributed by atoms with Crippen molar-refractivity contribution in [2.75, 3.05) is 18.0 Å². The Morgan fingerprint density at radius 1 is 1.47 bits per heavy atom. The highest BCUT2D eigenvalue weighted by atomic mass is 19.1. The topological polar surface area (TPSA) is 28.2 Å². The highest BCUT2D eigenvalue weighted by molar-refractivity contribution is 5.46. The Balaban J connectivity index is 1.84. The van der Waals surface area contributed by atoms with Gasteiger partial charge >= 0.3 is 0 Å². The quantitative estimate of drug-likeness (QED) is 0.700. The molecule has 0 radical (unpaired) electrons. The van der Waals surface area contributed by atoms with Gasteiger partial charge in [-0.15, -0.1) is 0 Å². The summed E-state index contributed by atoms with van der Waals surface area (Å²) in [7, 11) is 0. The number of fused-ring (bicyclic) bond motifs is 2. The van der Waals surface area contributed by atoms with Gasteiger partial charge in [0.05, 0.1) is 11.9 Å². The summed E-state index contributed by atoms with van der Waals surface area (Å²) in [6, 6.07) is 4.51. The van der Waals surface area contributed by atoms with Crippen molar-refractivity contribution in [2.24, 2.45) is 0 Å². The Kier molecular flexibility index (Phi) is 2.09. The highest BCUT2D eigenvalue weighted by Gasteiger charge is 2.33. The first kappa shape index (κ1) is 9.09. The molecule has 2 atom stereocenters. The lowest BCUT2D eigenvalue weighted by Crippen LogP contribution is -2.40. The molecular weight excluding hydrogens is 193 g/mol. The van der Waals surface area contributed by atoms with Gasteiger partial charge in [0.25, 0.3) is 0 Å². The van der Waals surface area contributed by atoms with Gasteiger partial charge in [-0.05, 0) is 25.0 Å². The summed E-state index contributed by atoms with van der Waals surface area (Å²) in [5.41, 5.74) is 1.04. The van der Waals surface area contributed by atoms with Crippen LogP contribution in [0.1, 0.15) is 12.8 Å². The van der Waals surface area contributed by atoms with Crippen molar-refractivity contribution in [1.29, 1.82) is 0 Å². The molecule has 3 heterocycles. The van der Waals surface area contributed by atoms with E-state index in [2.05, 4.69) is 15.2 Å². The van der Waals surface area contributed by atoms with Crippen molar-refractivity contribution in [3.05, 3.63) is 24.3 Å². The molecule has 0 aliphatic carbocycles. The summed E-state index contributed by atoms with van der Waals surface area (Å²) in [6.45, 7) is 2.09. The summed E-state index contributed by atoms with van der Waals surface area (Å²) in [6.07, 6.45) is 4.01. The van der Waals surface area contributed by atoms with Crippen LogP contribution in [0.5, 0.6) is 0 Å². The van der Waals surface area contributed by atoms with Crippen LogP contribution in [0.3, 0.4) is 0 Å². The monoisotopic (exact) mass is 207 g/mol. The number of nitrogens with one attached hydrogen (secondary N) is 1. The molecule has 0 amide bonds. The van der Waals surface area contributed by atoms with Crippen LogP contribution < -0.4 is 10.2 Å². The van der Waals surface area contributed by atoms with E-state index < -0.39 is 5.95 Å². The maximum atomic E-state index is 12.7. The molecule has 0 saturated carbocycles. The van der Waals surface area contributed by atoms with E-state index in [-0.39, 0.29) is 0 Å². The average Bonchev–Trinajstić information content (AvgIpc) is 2.63. The standard InChI is InChI=1S/C11H14FN3/c12-11-2-1-9(6-14-11)15-4-3-8-5-10(15)7-13-8/h1-2,6,8,10,13H,3-5,7H2/t8-,10+/m1/s1. The zero-order valence-electron chi connectivity index (χ0n) is 8.49. The van der Waals surface area contributed by atoms with Gasteiger partial charge in [-0.3, -0.25) is 0 Å². The summed E-state index contributed by atoms with van der Waals surface area (Å²) in [5, 5.41) is 3.49.